The lowest BCUT2D eigenvalue weighted by Crippen LogP contribution is -2.21. The number of aromatic nitrogens is 1. The number of nitrogens with zero attached hydrogens (tertiary/aromatic N) is 2. The van der Waals surface area contributed by atoms with E-state index in [1.807, 2.05) is 31.4 Å². The molecule has 4 rings (SSSR count). The summed E-state index contributed by atoms with van der Waals surface area (Å²) in [6.07, 6.45) is 0. The Hall–Kier alpha value is -3.03. The minimum absolute atomic E-state index is 0.0737. The van der Waals surface area contributed by atoms with Crippen LogP contribution in [0.1, 0.15) is 28.4 Å². The number of thiazole rings is 1. The van der Waals surface area contributed by atoms with Crippen LogP contribution in [0, 0.1) is 13.8 Å². The van der Waals surface area contributed by atoms with Crippen molar-refractivity contribution in [3.05, 3.63) is 74.4 Å². The maximum absolute atomic E-state index is 12.9. The fourth-order valence-corrected chi connectivity index (χ4v) is 4.58. The third kappa shape index (κ3) is 3.86. The van der Waals surface area contributed by atoms with Crippen LogP contribution in [0.2, 0.25) is 0 Å². The molecule has 0 saturated carbocycles. The Kier molecular flexibility index (Phi) is 5.65. The summed E-state index contributed by atoms with van der Waals surface area (Å²) in [5.41, 5.74) is 2.95. The SMILES string of the molecule is CCOCCn1c(=NC(=O)c2cc3ccccc3oc2=O)sc2c(C)cc(C)cc21. The normalized spacial score (nSPS) is 12.2. The minimum atomic E-state index is -0.684. The predicted molar refractivity (Wildman–Crippen MR) is 118 cm³/mol. The van der Waals surface area contributed by atoms with Crippen LogP contribution < -0.4 is 10.4 Å². The van der Waals surface area contributed by atoms with Crippen LogP contribution in [0.4, 0.5) is 0 Å². The van der Waals surface area contributed by atoms with Crippen LogP contribution in [0.3, 0.4) is 0 Å². The molecule has 30 heavy (non-hydrogen) atoms. The number of carbonyl (C=O) groups is 1. The second kappa shape index (κ2) is 8.38. The van der Waals surface area contributed by atoms with E-state index in [9.17, 15) is 9.59 Å². The van der Waals surface area contributed by atoms with Gasteiger partial charge in [0, 0.05) is 18.5 Å². The molecule has 0 aliphatic heterocycles. The highest BCUT2D eigenvalue weighted by Crippen LogP contribution is 2.23. The molecule has 4 aromatic rings. The smallest absolute Gasteiger partial charge is 0.349 e. The van der Waals surface area contributed by atoms with Crippen molar-refractivity contribution in [2.75, 3.05) is 13.2 Å². The van der Waals surface area contributed by atoms with Gasteiger partial charge < -0.3 is 13.7 Å². The Morgan fingerprint density at radius 1 is 1.20 bits per heavy atom. The fraction of sp³-hybridized carbons (Fsp3) is 0.261. The van der Waals surface area contributed by atoms with E-state index in [-0.39, 0.29) is 5.56 Å². The van der Waals surface area contributed by atoms with Crippen molar-refractivity contribution in [1.82, 2.24) is 4.57 Å². The molecule has 0 saturated heterocycles. The Morgan fingerprint density at radius 2 is 2.00 bits per heavy atom. The van der Waals surface area contributed by atoms with E-state index in [1.54, 1.807) is 24.3 Å². The first-order valence-electron chi connectivity index (χ1n) is 9.78. The van der Waals surface area contributed by atoms with Crippen LogP contribution in [-0.2, 0) is 11.3 Å². The van der Waals surface area contributed by atoms with Crippen LogP contribution in [0.5, 0.6) is 0 Å². The van der Waals surface area contributed by atoms with Crippen molar-refractivity contribution < 1.29 is 13.9 Å². The molecule has 0 fully saturated rings. The van der Waals surface area contributed by atoms with Gasteiger partial charge in [-0.05, 0) is 50.1 Å². The summed E-state index contributed by atoms with van der Waals surface area (Å²) in [4.78, 5) is 30.1. The van der Waals surface area contributed by atoms with Crippen molar-refractivity contribution >= 4 is 38.4 Å². The number of benzene rings is 2. The zero-order valence-electron chi connectivity index (χ0n) is 17.1. The van der Waals surface area contributed by atoms with Gasteiger partial charge in [0.15, 0.2) is 4.80 Å². The van der Waals surface area contributed by atoms with E-state index >= 15 is 0 Å². The maximum Gasteiger partial charge on any atom is 0.349 e. The van der Waals surface area contributed by atoms with E-state index in [4.69, 9.17) is 9.15 Å². The molecule has 2 aromatic carbocycles. The zero-order valence-corrected chi connectivity index (χ0v) is 17.9. The number of fused-ring (bicyclic) bond motifs is 2. The van der Waals surface area contributed by atoms with Gasteiger partial charge in [0.25, 0.3) is 5.91 Å². The van der Waals surface area contributed by atoms with Gasteiger partial charge in [-0.1, -0.05) is 35.6 Å². The third-order valence-corrected chi connectivity index (χ3v) is 6.08. The van der Waals surface area contributed by atoms with Crippen molar-refractivity contribution in [2.24, 2.45) is 4.99 Å². The van der Waals surface area contributed by atoms with E-state index in [0.717, 1.165) is 21.3 Å². The number of hydrogen-bond acceptors (Lipinski definition) is 5. The summed E-state index contributed by atoms with van der Waals surface area (Å²) >= 11 is 1.44. The van der Waals surface area contributed by atoms with Crippen molar-refractivity contribution in [2.45, 2.75) is 27.3 Å². The number of ether oxygens (including phenoxy) is 1. The lowest BCUT2D eigenvalue weighted by atomic mass is 10.1. The van der Waals surface area contributed by atoms with Crippen LogP contribution >= 0.6 is 11.3 Å². The summed E-state index contributed by atoms with van der Waals surface area (Å²) in [6, 6.07) is 12.8. The number of para-hydroxylation sites is 1. The van der Waals surface area contributed by atoms with Crippen molar-refractivity contribution in [3.8, 4) is 0 Å². The molecule has 1 amide bonds. The van der Waals surface area contributed by atoms with Gasteiger partial charge in [0.1, 0.15) is 11.1 Å². The molecule has 0 bridgehead atoms. The highest BCUT2D eigenvalue weighted by atomic mass is 32.1. The van der Waals surface area contributed by atoms with Crippen LogP contribution in [-0.4, -0.2) is 23.7 Å². The second-order valence-corrected chi connectivity index (χ2v) is 8.04. The topological polar surface area (TPSA) is 73.8 Å². The molecule has 0 N–H and O–H groups in total. The van der Waals surface area contributed by atoms with Crippen molar-refractivity contribution in [1.29, 1.82) is 0 Å². The molecule has 0 aliphatic rings. The Bertz CT molecular complexity index is 1380. The summed E-state index contributed by atoms with van der Waals surface area (Å²) in [6.45, 7) is 7.72. The van der Waals surface area contributed by atoms with E-state index in [1.165, 1.54) is 11.3 Å². The second-order valence-electron chi connectivity index (χ2n) is 7.07. The first kappa shape index (κ1) is 20.3. The van der Waals surface area contributed by atoms with Gasteiger partial charge in [-0.3, -0.25) is 4.79 Å². The highest BCUT2D eigenvalue weighted by molar-refractivity contribution is 7.16. The standard InChI is InChI=1S/C23H22N2O4S/c1-4-28-10-9-25-18-12-14(2)11-15(3)20(18)30-23(25)24-21(26)17-13-16-7-5-6-8-19(16)29-22(17)27/h5-8,11-13H,4,9-10H2,1-3H3. The van der Waals surface area contributed by atoms with Gasteiger partial charge in [-0.15, -0.1) is 0 Å². The van der Waals surface area contributed by atoms with Crippen molar-refractivity contribution in [3.63, 3.8) is 0 Å². The Labute approximate surface area is 177 Å². The number of rotatable bonds is 5. The van der Waals surface area contributed by atoms with Gasteiger partial charge in [-0.25, -0.2) is 4.79 Å². The number of carbonyl (C=O) groups excluding carboxylic acids is 1. The lowest BCUT2D eigenvalue weighted by Gasteiger charge is -2.07. The average molecular weight is 423 g/mol. The molecule has 154 valence electrons. The largest absolute Gasteiger partial charge is 0.422 e. The number of amides is 1. The molecule has 7 heteroatoms. The molecular weight excluding hydrogens is 400 g/mol. The first-order valence-corrected chi connectivity index (χ1v) is 10.6. The molecule has 0 aliphatic carbocycles. The van der Waals surface area contributed by atoms with Crippen LogP contribution in [0.25, 0.3) is 21.2 Å². The monoisotopic (exact) mass is 422 g/mol. The average Bonchev–Trinajstić information content (AvgIpc) is 3.05. The molecule has 0 spiro atoms. The summed E-state index contributed by atoms with van der Waals surface area (Å²) in [7, 11) is 0. The van der Waals surface area contributed by atoms with E-state index in [0.29, 0.717) is 35.5 Å². The molecule has 0 unspecified atom stereocenters. The zero-order chi connectivity index (χ0) is 21.3. The predicted octanol–water partition coefficient (Wildman–Crippen LogP) is 4.20. The molecular formula is C23H22N2O4S. The molecule has 2 aromatic heterocycles. The minimum Gasteiger partial charge on any atom is -0.422 e. The van der Waals surface area contributed by atoms with Crippen LogP contribution in [0.15, 0.2) is 56.7 Å². The Balaban J connectivity index is 1.86. The molecule has 0 radical (unpaired) electrons. The van der Waals surface area contributed by atoms with Gasteiger partial charge >= 0.3 is 5.63 Å². The van der Waals surface area contributed by atoms with Gasteiger partial charge in [0.2, 0.25) is 0 Å². The summed E-state index contributed by atoms with van der Waals surface area (Å²) < 4.78 is 13.9. The number of aryl methyl sites for hydroxylation is 2. The summed E-state index contributed by atoms with van der Waals surface area (Å²) in [5, 5.41) is 0.683. The Morgan fingerprint density at radius 3 is 2.80 bits per heavy atom. The quantitative estimate of drug-likeness (QED) is 0.357. The van der Waals surface area contributed by atoms with Gasteiger partial charge in [0.05, 0.1) is 16.8 Å². The maximum atomic E-state index is 12.9. The third-order valence-electron chi connectivity index (χ3n) is 4.85. The highest BCUT2D eigenvalue weighted by Gasteiger charge is 2.15. The summed E-state index contributed by atoms with van der Waals surface area (Å²) in [5.74, 6) is -0.611. The first-order chi connectivity index (χ1) is 14.5. The lowest BCUT2D eigenvalue weighted by molar-refractivity contribution is 0.0993. The fourth-order valence-electron chi connectivity index (χ4n) is 3.47. The molecule has 0 atom stereocenters. The van der Waals surface area contributed by atoms with Gasteiger partial charge in [-0.2, -0.15) is 4.99 Å². The number of hydrogen-bond donors (Lipinski definition) is 0. The molecule has 2 heterocycles. The van der Waals surface area contributed by atoms with E-state index < -0.39 is 11.5 Å². The molecule has 6 nitrogen and oxygen atoms in total. The van der Waals surface area contributed by atoms with E-state index in [2.05, 4.69) is 17.1 Å².